The molecule has 0 aromatic heterocycles. The van der Waals surface area contributed by atoms with Crippen molar-refractivity contribution in [3.63, 3.8) is 0 Å². The molecule has 4 nitrogen and oxygen atoms in total. The molecule has 0 unspecified atom stereocenters. The molecular formula is C21H27NO3S. The van der Waals surface area contributed by atoms with E-state index in [0.717, 1.165) is 11.1 Å². The van der Waals surface area contributed by atoms with Crippen LogP contribution in [0.2, 0.25) is 0 Å². The van der Waals surface area contributed by atoms with Gasteiger partial charge in [-0.3, -0.25) is 4.79 Å². The van der Waals surface area contributed by atoms with Gasteiger partial charge >= 0.3 is 0 Å². The van der Waals surface area contributed by atoms with E-state index in [2.05, 4.69) is 50.4 Å². The molecule has 0 atom stereocenters. The Balaban J connectivity index is 1.86. The standard InChI is InChI=1S/C21H27NO3S/c1-16-5-11-19(12-6-16)26(24,25)15-20(23)22-14-13-17-7-9-18(10-8-17)21(2,3)4/h5-12H,13-15H2,1-4H3,(H,22,23). The van der Waals surface area contributed by atoms with Crippen molar-refractivity contribution in [3.05, 3.63) is 65.2 Å². The molecule has 5 heteroatoms. The van der Waals surface area contributed by atoms with Crippen molar-refractivity contribution in [2.45, 2.75) is 44.4 Å². The predicted octanol–water partition coefficient (Wildman–Crippen LogP) is 3.43. The fourth-order valence-electron chi connectivity index (χ4n) is 2.57. The Morgan fingerprint density at radius 3 is 2.08 bits per heavy atom. The highest BCUT2D eigenvalue weighted by Crippen LogP contribution is 2.22. The molecule has 0 radical (unpaired) electrons. The summed E-state index contributed by atoms with van der Waals surface area (Å²) in [6.45, 7) is 8.79. The van der Waals surface area contributed by atoms with Crippen LogP contribution in [-0.2, 0) is 26.5 Å². The number of hydrogen-bond acceptors (Lipinski definition) is 3. The van der Waals surface area contributed by atoms with E-state index in [4.69, 9.17) is 0 Å². The first-order valence-electron chi connectivity index (χ1n) is 8.73. The van der Waals surface area contributed by atoms with Crippen molar-refractivity contribution in [1.82, 2.24) is 5.32 Å². The average molecular weight is 374 g/mol. The molecule has 1 amide bonds. The van der Waals surface area contributed by atoms with Crippen LogP contribution in [0.25, 0.3) is 0 Å². The number of benzene rings is 2. The number of aryl methyl sites for hydroxylation is 1. The third-order valence-corrected chi connectivity index (χ3v) is 5.89. The van der Waals surface area contributed by atoms with Crippen LogP contribution < -0.4 is 5.32 Å². The molecule has 0 aliphatic carbocycles. The summed E-state index contributed by atoms with van der Waals surface area (Å²) >= 11 is 0. The summed E-state index contributed by atoms with van der Waals surface area (Å²) in [5.41, 5.74) is 3.46. The van der Waals surface area contributed by atoms with Gasteiger partial charge in [0, 0.05) is 6.54 Å². The minimum Gasteiger partial charge on any atom is -0.355 e. The van der Waals surface area contributed by atoms with Crippen molar-refractivity contribution in [3.8, 4) is 0 Å². The van der Waals surface area contributed by atoms with Crippen molar-refractivity contribution >= 4 is 15.7 Å². The van der Waals surface area contributed by atoms with Gasteiger partial charge in [0.05, 0.1) is 4.90 Å². The van der Waals surface area contributed by atoms with Gasteiger partial charge in [0.2, 0.25) is 5.91 Å². The van der Waals surface area contributed by atoms with Gasteiger partial charge in [0.15, 0.2) is 9.84 Å². The lowest BCUT2D eigenvalue weighted by atomic mass is 9.86. The van der Waals surface area contributed by atoms with Crippen LogP contribution in [0.3, 0.4) is 0 Å². The van der Waals surface area contributed by atoms with E-state index >= 15 is 0 Å². The zero-order valence-electron chi connectivity index (χ0n) is 15.9. The maximum atomic E-state index is 12.3. The number of sulfone groups is 1. The molecule has 1 N–H and O–H groups in total. The van der Waals surface area contributed by atoms with Crippen LogP contribution in [0.5, 0.6) is 0 Å². The van der Waals surface area contributed by atoms with E-state index in [1.807, 2.05) is 6.92 Å². The zero-order chi connectivity index (χ0) is 19.4. The van der Waals surface area contributed by atoms with Gasteiger partial charge in [-0.25, -0.2) is 8.42 Å². The SMILES string of the molecule is Cc1ccc(S(=O)(=O)CC(=O)NCCc2ccc(C(C)(C)C)cc2)cc1. The molecule has 140 valence electrons. The second-order valence-electron chi connectivity index (χ2n) is 7.62. The molecule has 2 aromatic rings. The summed E-state index contributed by atoms with van der Waals surface area (Å²) in [5.74, 6) is -1.00. The lowest BCUT2D eigenvalue weighted by Crippen LogP contribution is -2.31. The topological polar surface area (TPSA) is 63.2 Å². The van der Waals surface area contributed by atoms with Crippen LogP contribution in [0.1, 0.15) is 37.5 Å². The van der Waals surface area contributed by atoms with E-state index in [0.29, 0.717) is 13.0 Å². The maximum Gasteiger partial charge on any atom is 0.235 e. The molecule has 0 spiro atoms. The van der Waals surface area contributed by atoms with E-state index < -0.39 is 21.5 Å². The number of carbonyl (C=O) groups excluding carboxylic acids is 1. The number of carbonyl (C=O) groups is 1. The fraction of sp³-hybridized carbons (Fsp3) is 0.381. The third kappa shape index (κ3) is 5.70. The van der Waals surface area contributed by atoms with E-state index in [1.165, 1.54) is 17.7 Å². The zero-order valence-corrected chi connectivity index (χ0v) is 16.7. The molecular weight excluding hydrogens is 346 g/mol. The molecule has 0 aliphatic heterocycles. The molecule has 0 bridgehead atoms. The lowest BCUT2D eigenvalue weighted by Gasteiger charge is -2.19. The first-order valence-corrected chi connectivity index (χ1v) is 10.4. The molecule has 0 heterocycles. The molecule has 2 aromatic carbocycles. The van der Waals surface area contributed by atoms with Gasteiger partial charge in [-0.05, 0) is 42.0 Å². The van der Waals surface area contributed by atoms with Gasteiger partial charge in [-0.15, -0.1) is 0 Å². The minimum atomic E-state index is -3.61. The highest BCUT2D eigenvalue weighted by molar-refractivity contribution is 7.92. The van der Waals surface area contributed by atoms with Gasteiger partial charge in [-0.1, -0.05) is 62.7 Å². The average Bonchev–Trinajstić information content (AvgIpc) is 2.54. The van der Waals surface area contributed by atoms with Crippen LogP contribution in [0, 0.1) is 6.92 Å². The molecule has 0 aliphatic rings. The first-order chi connectivity index (χ1) is 12.1. The Morgan fingerprint density at radius 2 is 1.54 bits per heavy atom. The highest BCUT2D eigenvalue weighted by Gasteiger charge is 2.19. The van der Waals surface area contributed by atoms with Crippen LogP contribution in [0.4, 0.5) is 0 Å². The molecule has 2 rings (SSSR count). The normalized spacial score (nSPS) is 12.0. The van der Waals surface area contributed by atoms with Gasteiger partial charge in [0.1, 0.15) is 5.75 Å². The third-order valence-electron chi connectivity index (χ3n) is 4.26. The largest absolute Gasteiger partial charge is 0.355 e. The molecule has 0 fully saturated rings. The first kappa shape index (κ1) is 20.2. The monoisotopic (exact) mass is 373 g/mol. The van der Waals surface area contributed by atoms with E-state index in [-0.39, 0.29) is 10.3 Å². The molecule has 26 heavy (non-hydrogen) atoms. The number of rotatable bonds is 6. The van der Waals surface area contributed by atoms with Gasteiger partial charge < -0.3 is 5.32 Å². The summed E-state index contributed by atoms with van der Waals surface area (Å²) < 4.78 is 24.5. The van der Waals surface area contributed by atoms with Crippen molar-refractivity contribution in [1.29, 1.82) is 0 Å². The van der Waals surface area contributed by atoms with Gasteiger partial charge in [-0.2, -0.15) is 0 Å². The van der Waals surface area contributed by atoms with Gasteiger partial charge in [0.25, 0.3) is 0 Å². The summed E-state index contributed by atoms with van der Waals surface area (Å²) in [6, 6.07) is 14.8. The minimum absolute atomic E-state index is 0.108. The quantitative estimate of drug-likeness (QED) is 0.844. The smallest absolute Gasteiger partial charge is 0.235 e. The molecule has 0 saturated carbocycles. The van der Waals surface area contributed by atoms with Crippen molar-refractivity contribution in [2.24, 2.45) is 0 Å². The maximum absolute atomic E-state index is 12.3. The summed E-state index contributed by atoms with van der Waals surface area (Å²) in [5, 5.41) is 2.70. The van der Waals surface area contributed by atoms with Crippen molar-refractivity contribution < 1.29 is 13.2 Å². The second kappa shape index (κ2) is 8.04. The Kier molecular flexibility index (Phi) is 6.24. The summed E-state index contributed by atoms with van der Waals surface area (Å²) in [6.07, 6.45) is 0.667. The summed E-state index contributed by atoms with van der Waals surface area (Å²) in [4.78, 5) is 12.2. The van der Waals surface area contributed by atoms with Crippen molar-refractivity contribution in [2.75, 3.05) is 12.3 Å². The predicted molar refractivity (Wildman–Crippen MR) is 105 cm³/mol. The van der Waals surface area contributed by atoms with E-state index in [1.54, 1.807) is 12.1 Å². The lowest BCUT2D eigenvalue weighted by molar-refractivity contribution is -0.118. The Morgan fingerprint density at radius 1 is 0.962 bits per heavy atom. The molecule has 0 saturated heterocycles. The van der Waals surface area contributed by atoms with Crippen LogP contribution in [0.15, 0.2) is 53.4 Å². The van der Waals surface area contributed by atoms with Crippen LogP contribution >= 0.6 is 0 Å². The summed E-state index contributed by atoms with van der Waals surface area (Å²) in [7, 11) is -3.61. The highest BCUT2D eigenvalue weighted by atomic mass is 32.2. The van der Waals surface area contributed by atoms with E-state index in [9.17, 15) is 13.2 Å². The fourth-order valence-corrected chi connectivity index (χ4v) is 3.73. The van der Waals surface area contributed by atoms with Crippen LogP contribution in [-0.4, -0.2) is 26.6 Å². The number of hydrogen-bond donors (Lipinski definition) is 1. The number of nitrogens with one attached hydrogen (secondary N) is 1. The Bertz CT molecular complexity index is 846. The Labute approximate surface area is 156 Å². The number of amides is 1. The Hall–Kier alpha value is -2.14. The second-order valence-corrected chi connectivity index (χ2v) is 9.61.